The first-order valence-corrected chi connectivity index (χ1v) is 9.38. The summed E-state index contributed by atoms with van der Waals surface area (Å²) in [6, 6.07) is 12.4. The molecule has 0 spiro atoms. The van der Waals surface area contributed by atoms with Crippen LogP contribution in [0, 0.1) is 0 Å². The molecule has 1 aliphatic rings. The predicted molar refractivity (Wildman–Crippen MR) is 108 cm³/mol. The first-order chi connectivity index (χ1) is 13.6. The van der Waals surface area contributed by atoms with Crippen LogP contribution in [0.2, 0.25) is 0 Å². The van der Waals surface area contributed by atoms with E-state index in [2.05, 4.69) is 9.80 Å². The number of piperazine rings is 1. The van der Waals surface area contributed by atoms with E-state index in [4.69, 9.17) is 14.2 Å². The van der Waals surface area contributed by atoms with Gasteiger partial charge in [-0.2, -0.15) is 0 Å². The summed E-state index contributed by atoms with van der Waals surface area (Å²) in [4.78, 5) is 4.52. The van der Waals surface area contributed by atoms with Crippen LogP contribution in [0.4, 0.5) is 5.69 Å². The van der Waals surface area contributed by atoms with Gasteiger partial charge in [-0.05, 0) is 36.4 Å². The monoisotopic (exact) mass is 388 g/mol. The van der Waals surface area contributed by atoms with Gasteiger partial charge in [0, 0.05) is 38.8 Å². The molecule has 1 aliphatic heterocycles. The number of aliphatic hydroxyl groups is 1. The quantitative estimate of drug-likeness (QED) is 0.716. The van der Waals surface area contributed by atoms with E-state index in [0.717, 1.165) is 43.4 Å². The molecule has 2 N–H and O–H groups in total. The van der Waals surface area contributed by atoms with Gasteiger partial charge in [0.15, 0.2) is 0 Å². The minimum atomic E-state index is -0.573. The number of anilines is 1. The molecule has 1 atom stereocenters. The molecule has 0 aromatic heterocycles. The van der Waals surface area contributed by atoms with Crippen molar-refractivity contribution in [3.8, 4) is 23.0 Å². The van der Waals surface area contributed by atoms with Crippen LogP contribution in [0.5, 0.6) is 23.0 Å². The highest BCUT2D eigenvalue weighted by Gasteiger charge is 2.22. The van der Waals surface area contributed by atoms with Crippen LogP contribution in [0.3, 0.4) is 0 Å². The molecule has 2 aromatic rings. The molecule has 0 radical (unpaired) electrons. The molecule has 0 saturated carbocycles. The molecule has 0 amide bonds. The van der Waals surface area contributed by atoms with Gasteiger partial charge in [-0.15, -0.1) is 0 Å². The molecule has 28 heavy (non-hydrogen) atoms. The van der Waals surface area contributed by atoms with Crippen LogP contribution in [-0.4, -0.2) is 74.8 Å². The van der Waals surface area contributed by atoms with Gasteiger partial charge in [-0.25, -0.2) is 0 Å². The maximum absolute atomic E-state index is 10.3. The summed E-state index contributed by atoms with van der Waals surface area (Å²) in [6.45, 7) is 4.20. The lowest BCUT2D eigenvalue weighted by molar-refractivity contribution is 0.0662. The van der Waals surface area contributed by atoms with Crippen molar-refractivity contribution in [2.75, 3.05) is 58.5 Å². The van der Waals surface area contributed by atoms with Gasteiger partial charge in [0.25, 0.3) is 0 Å². The van der Waals surface area contributed by atoms with Crippen molar-refractivity contribution < 1.29 is 24.4 Å². The minimum absolute atomic E-state index is 0.194. The lowest BCUT2D eigenvalue weighted by Crippen LogP contribution is -2.49. The standard InChI is InChI=1S/C21H28N2O5/c1-26-19-7-8-20(21(13-19)27-2)23-11-9-22(10-12-23)14-17(25)15-28-18-5-3-16(24)4-6-18/h3-8,13,17,24-25H,9-12,14-15H2,1-2H3. The number of methoxy groups -OCH3 is 2. The lowest BCUT2D eigenvalue weighted by atomic mass is 10.2. The van der Waals surface area contributed by atoms with E-state index in [1.54, 1.807) is 38.5 Å². The first kappa shape index (κ1) is 20.1. The third-order valence-corrected chi connectivity index (χ3v) is 4.85. The fraction of sp³-hybridized carbons (Fsp3) is 0.429. The van der Waals surface area contributed by atoms with Crippen molar-refractivity contribution in [3.05, 3.63) is 42.5 Å². The summed E-state index contributed by atoms with van der Waals surface area (Å²) in [7, 11) is 3.31. The van der Waals surface area contributed by atoms with Gasteiger partial charge in [0.2, 0.25) is 0 Å². The molecular formula is C21H28N2O5. The normalized spacial score (nSPS) is 15.9. The predicted octanol–water partition coefficient (Wildman–Crippen LogP) is 1.97. The van der Waals surface area contributed by atoms with Crippen LogP contribution in [0.15, 0.2) is 42.5 Å². The number of ether oxygens (including phenoxy) is 3. The Morgan fingerprint density at radius 2 is 1.61 bits per heavy atom. The molecule has 2 aromatic carbocycles. The Hall–Kier alpha value is -2.64. The summed E-state index contributed by atoms with van der Waals surface area (Å²) in [5.41, 5.74) is 1.05. The van der Waals surface area contributed by atoms with Crippen LogP contribution in [0.1, 0.15) is 0 Å². The molecule has 7 nitrogen and oxygen atoms in total. The van der Waals surface area contributed by atoms with Gasteiger partial charge in [-0.1, -0.05) is 0 Å². The second-order valence-electron chi connectivity index (χ2n) is 6.78. The van der Waals surface area contributed by atoms with Gasteiger partial charge >= 0.3 is 0 Å². The Morgan fingerprint density at radius 3 is 2.25 bits per heavy atom. The van der Waals surface area contributed by atoms with Crippen molar-refractivity contribution in [3.63, 3.8) is 0 Å². The van der Waals surface area contributed by atoms with Crippen LogP contribution in [-0.2, 0) is 0 Å². The van der Waals surface area contributed by atoms with Crippen LogP contribution >= 0.6 is 0 Å². The molecule has 1 saturated heterocycles. The highest BCUT2D eigenvalue weighted by atomic mass is 16.5. The highest BCUT2D eigenvalue weighted by molar-refractivity contribution is 5.61. The number of hydrogen-bond donors (Lipinski definition) is 2. The number of benzene rings is 2. The maximum atomic E-state index is 10.3. The van der Waals surface area contributed by atoms with E-state index in [-0.39, 0.29) is 12.4 Å². The van der Waals surface area contributed by atoms with E-state index < -0.39 is 6.10 Å². The van der Waals surface area contributed by atoms with E-state index in [1.807, 2.05) is 18.2 Å². The summed E-state index contributed by atoms with van der Waals surface area (Å²) in [5, 5.41) is 19.6. The zero-order chi connectivity index (χ0) is 19.9. The van der Waals surface area contributed by atoms with Crippen molar-refractivity contribution in [2.24, 2.45) is 0 Å². The van der Waals surface area contributed by atoms with E-state index >= 15 is 0 Å². The number of hydrogen-bond acceptors (Lipinski definition) is 7. The number of rotatable bonds is 8. The van der Waals surface area contributed by atoms with Crippen molar-refractivity contribution in [1.29, 1.82) is 0 Å². The molecule has 1 heterocycles. The zero-order valence-corrected chi connectivity index (χ0v) is 16.4. The number of phenolic OH excluding ortho intramolecular Hbond substituents is 1. The molecule has 7 heteroatoms. The molecule has 1 fully saturated rings. The van der Waals surface area contributed by atoms with Crippen LogP contribution < -0.4 is 19.1 Å². The van der Waals surface area contributed by atoms with Gasteiger partial charge in [0.1, 0.15) is 35.7 Å². The number of aliphatic hydroxyl groups excluding tert-OH is 1. The maximum Gasteiger partial charge on any atom is 0.145 e. The Kier molecular flexibility index (Phi) is 6.84. The molecule has 152 valence electrons. The molecule has 0 aliphatic carbocycles. The second-order valence-corrected chi connectivity index (χ2v) is 6.78. The molecular weight excluding hydrogens is 360 g/mol. The Balaban J connectivity index is 1.46. The zero-order valence-electron chi connectivity index (χ0n) is 16.4. The molecule has 3 rings (SSSR count). The van der Waals surface area contributed by atoms with Crippen LogP contribution in [0.25, 0.3) is 0 Å². The largest absolute Gasteiger partial charge is 0.508 e. The smallest absolute Gasteiger partial charge is 0.145 e. The van der Waals surface area contributed by atoms with E-state index in [0.29, 0.717) is 12.3 Å². The van der Waals surface area contributed by atoms with Crippen molar-refractivity contribution >= 4 is 5.69 Å². The van der Waals surface area contributed by atoms with Crippen molar-refractivity contribution in [2.45, 2.75) is 6.10 Å². The highest BCUT2D eigenvalue weighted by Crippen LogP contribution is 2.32. The van der Waals surface area contributed by atoms with Gasteiger partial charge < -0.3 is 29.3 Å². The Labute approximate surface area is 165 Å². The van der Waals surface area contributed by atoms with Gasteiger partial charge in [-0.3, -0.25) is 4.90 Å². The lowest BCUT2D eigenvalue weighted by Gasteiger charge is -2.37. The fourth-order valence-corrected chi connectivity index (χ4v) is 3.30. The molecule has 1 unspecified atom stereocenters. The van der Waals surface area contributed by atoms with E-state index in [1.165, 1.54) is 0 Å². The number of β-amino-alcohol motifs (C(OH)–C–C–N with tert-alkyl or cyclic N) is 1. The summed E-state index contributed by atoms with van der Waals surface area (Å²) in [6.07, 6.45) is -0.573. The average molecular weight is 388 g/mol. The first-order valence-electron chi connectivity index (χ1n) is 9.38. The van der Waals surface area contributed by atoms with E-state index in [9.17, 15) is 10.2 Å². The third-order valence-electron chi connectivity index (χ3n) is 4.85. The third kappa shape index (κ3) is 5.21. The topological polar surface area (TPSA) is 74.6 Å². The Morgan fingerprint density at radius 1 is 0.929 bits per heavy atom. The fourth-order valence-electron chi connectivity index (χ4n) is 3.30. The minimum Gasteiger partial charge on any atom is -0.508 e. The summed E-state index contributed by atoms with van der Waals surface area (Å²) < 4.78 is 16.3. The summed E-state index contributed by atoms with van der Waals surface area (Å²) in [5.74, 6) is 2.40. The SMILES string of the molecule is COc1ccc(N2CCN(CC(O)COc3ccc(O)cc3)CC2)c(OC)c1. The Bertz CT molecular complexity index is 745. The average Bonchev–Trinajstić information content (AvgIpc) is 2.73. The number of phenols is 1. The number of nitrogens with zero attached hydrogens (tertiary/aromatic N) is 2. The summed E-state index contributed by atoms with van der Waals surface area (Å²) >= 11 is 0. The second kappa shape index (κ2) is 9.52. The number of aromatic hydroxyl groups is 1. The van der Waals surface area contributed by atoms with Gasteiger partial charge in [0.05, 0.1) is 19.9 Å². The van der Waals surface area contributed by atoms with Crippen molar-refractivity contribution in [1.82, 2.24) is 4.90 Å². The molecule has 0 bridgehead atoms.